The maximum atomic E-state index is 12.1. The highest BCUT2D eigenvalue weighted by molar-refractivity contribution is 7.89. The van der Waals surface area contributed by atoms with Gasteiger partial charge in [-0.25, -0.2) is 13.1 Å². The lowest BCUT2D eigenvalue weighted by Crippen LogP contribution is -2.30. The van der Waals surface area contributed by atoms with E-state index in [9.17, 15) is 13.2 Å². The van der Waals surface area contributed by atoms with E-state index in [4.69, 9.17) is 0 Å². The van der Waals surface area contributed by atoms with Crippen LogP contribution in [0.15, 0.2) is 23.1 Å². The van der Waals surface area contributed by atoms with Crippen molar-refractivity contribution in [2.75, 3.05) is 5.32 Å². The summed E-state index contributed by atoms with van der Waals surface area (Å²) < 4.78 is 26.7. The van der Waals surface area contributed by atoms with Crippen LogP contribution in [0, 0.1) is 6.92 Å². The number of anilines is 1. The van der Waals surface area contributed by atoms with Gasteiger partial charge < -0.3 is 5.32 Å². The fraction of sp³-hybridized carbons (Fsp3) is 0.417. The molecule has 1 amide bonds. The standard InChI is InChI=1S/C12H18N2O3S/c1-8(2)14-18(16,17)12-7-11(13-10(4)15)6-5-9(12)3/h5-8,14H,1-4H3,(H,13,15). The van der Waals surface area contributed by atoms with Crippen LogP contribution in [0.2, 0.25) is 0 Å². The predicted molar refractivity (Wildman–Crippen MR) is 70.9 cm³/mol. The van der Waals surface area contributed by atoms with Gasteiger partial charge in [0.2, 0.25) is 15.9 Å². The Kier molecular flexibility index (Phi) is 4.48. The molecule has 0 unspecified atom stereocenters. The lowest BCUT2D eigenvalue weighted by Gasteiger charge is -2.13. The third kappa shape index (κ3) is 3.82. The van der Waals surface area contributed by atoms with Crippen molar-refractivity contribution in [2.45, 2.75) is 38.6 Å². The molecule has 0 saturated heterocycles. The molecule has 0 aliphatic carbocycles. The third-order valence-corrected chi connectivity index (χ3v) is 3.99. The van der Waals surface area contributed by atoms with E-state index in [0.717, 1.165) is 0 Å². The smallest absolute Gasteiger partial charge is 0.241 e. The van der Waals surface area contributed by atoms with Crippen molar-refractivity contribution in [2.24, 2.45) is 0 Å². The third-order valence-electron chi connectivity index (χ3n) is 2.19. The molecule has 18 heavy (non-hydrogen) atoms. The van der Waals surface area contributed by atoms with E-state index < -0.39 is 10.0 Å². The van der Waals surface area contributed by atoms with Crippen LogP contribution in [0.4, 0.5) is 5.69 Å². The van der Waals surface area contributed by atoms with Crippen molar-refractivity contribution in [3.8, 4) is 0 Å². The van der Waals surface area contributed by atoms with Crippen LogP contribution in [0.5, 0.6) is 0 Å². The summed E-state index contributed by atoms with van der Waals surface area (Å²) in [5.74, 6) is -0.237. The van der Waals surface area contributed by atoms with E-state index in [2.05, 4.69) is 10.0 Å². The highest BCUT2D eigenvalue weighted by Gasteiger charge is 2.18. The maximum absolute atomic E-state index is 12.1. The Balaban J connectivity index is 3.19. The second-order valence-corrected chi connectivity index (χ2v) is 6.12. The number of benzene rings is 1. The molecule has 0 bridgehead atoms. The highest BCUT2D eigenvalue weighted by atomic mass is 32.2. The fourth-order valence-corrected chi connectivity index (χ4v) is 3.07. The van der Waals surface area contributed by atoms with Crippen LogP contribution in [-0.4, -0.2) is 20.4 Å². The van der Waals surface area contributed by atoms with E-state index in [0.29, 0.717) is 11.3 Å². The van der Waals surface area contributed by atoms with Gasteiger partial charge in [-0.1, -0.05) is 6.07 Å². The Labute approximate surface area is 108 Å². The minimum absolute atomic E-state index is 0.182. The molecule has 5 nitrogen and oxygen atoms in total. The summed E-state index contributed by atoms with van der Waals surface area (Å²) in [6.45, 7) is 6.60. The maximum Gasteiger partial charge on any atom is 0.241 e. The van der Waals surface area contributed by atoms with Crippen LogP contribution in [-0.2, 0) is 14.8 Å². The van der Waals surface area contributed by atoms with E-state index in [1.807, 2.05) is 0 Å². The van der Waals surface area contributed by atoms with E-state index in [1.54, 1.807) is 32.9 Å². The number of carbonyl (C=O) groups is 1. The minimum Gasteiger partial charge on any atom is -0.326 e. The Bertz CT molecular complexity index is 550. The number of carbonyl (C=O) groups excluding carboxylic acids is 1. The molecule has 0 spiro atoms. The van der Waals surface area contributed by atoms with Gasteiger partial charge in [0.25, 0.3) is 0 Å². The Morgan fingerprint density at radius 1 is 1.28 bits per heavy atom. The molecule has 0 aliphatic heterocycles. The van der Waals surface area contributed by atoms with Gasteiger partial charge >= 0.3 is 0 Å². The molecule has 1 aromatic rings. The number of amides is 1. The average Bonchev–Trinajstić information content (AvgIpc) is 2.18. The van der Waals surface area contributed by atoms with Crippen LogP contribution >= 0.6 is 0 Å². The van der Waals surface area contributed by atoms with Gasteiger partial charge in [-0.05, 0) is 38.5 Å². The van der Waals surface area contributed by atoms with Gasteiger partial charge in [-0.3, -0.25) is 4.79 Å². The molecular weight excluding hydrogens is 252 g/mol. The topological polar surface area (TPSA) is 75.3 Å². The van der Waals surface area contributed by atoms with Crippen molar-refractivity contribution in [1.82, 2.24) is 4.72 Å². The number of sulfonamides is 1. The molecule has 1 aromatic carbocycles. The summed E-state index contributed by atoms with van der Waals surface area (Å²) in [6.07, 6.45) is 0. The zero-order valence-corrected chi connectivity index (χ0v) is 11.8. The quantitative estimate of drug-likeness (QED) is 0.873. The molecule has 0 heterocycles. The van der Waals surface area contributed by atoms with Crippen molar-refractivity contribution < 1.29 is 13.2 Å². The predicted octanol–water partition coefficient (Wildman–Crippen LogP) is 1.64. The molecule has 1 rings (SSSR count). The summed E-state index contributed by atoms with van der Waals surface area (Å²) >= 11 is 0. The van der Waals surface area contributed by atoms with Crippen molar-refractivity contribution >= 4 is 21.6 Å². The lowest BCUT2D eigenvalue weighted by molar-refractivity contribution is -0.114. The average molecular weight is 270 g/mol. The first kappa shape index (κ1) is 14.7. The first-order valence-corrected chi connectivity index (χ1v) is 7.11. The van der Waals surface area contributed by atoms with E-state index in [-0.39, 0.29) is 16.8 Å². The zero-order valence-electron chi connectivity index (χ0n) is 10.9. The molecule has 0 radical (unpaired) electrons. The Morgan fingerprint density at radius 3 is 2.39 bits per heavy atom. The second kappa shape index (κ2) is 5.49. The fourth-order valence-electron chi connectivity index (χ4n) is 1.54. The molecule has 0 fully saturated rings. The highest BCUT2D eigenvalue weighted by Crippen LogP contribution is 2.20. The van der Waals surface area contributed by atoms with Crippen LogP contribution in [0.1, 0.15) is 26.3 Å². The second-order valence-electron chi connectivity index (χ2n) is 4.44. The molecule has 6 heteroatoms. The van der Waals surface area contributed by atoms with Crippen molar-refractivity contribution in [3.05, 3.63) is 23.8 Å². The number of aryl methyl sites for hydroxylation is 1. The summed E-state index contributed by atoms with van der Waals surface area (Å²) in [6, 6.07) is 4.62. The summed E-state index contributed by atoms with van der Waals surface area (Å²) in [5, 5.41) is 2.57. The molecule has 0 aliphatic rings. The van der Waals surface area contributed by atoms with Gasteiger partial charge in [0.15, 0.2) is 0 Å². The van der Waals surface area contributed by atoms with Crippen molar-refractivity contribution in [3.63, 3.8) is 0 Å². The largest absolute Gasteiger partial charge is 0.326 e. The summed E-state index contributed by atoms with van der Waals surface area (Å²) in [4.78, 5) is 11.1. The Morgan fingerprint density at radius 2 is 1.89 bits per heavy atom. The lowest BCUT2D eigenvalue weighted by atomic mass is 10.2. The van der Waals surface area contributed by atoms with E-state index >= 15 is 0 Å². The summed E-state index contributed by atoms with van der Waals surface area (Å²) in [5.41, 5.74) is 1.11. The van der Waals surface area contributed by atoms with Gasteiger partial charge in [-0.2, -0.15) is 0 Å². The molecular formula is C12H18N2O3S. The normalized spacial score (nSPS) is 11.6. The van der Waals surface area contributed by atoms with Crippen molar-refractivity contribution in [1.29, 1.82) is 0 Å². The number of hydrogen-bond acceptors (Lipinski definition) is 3. The molecule has 100 valence electrons. The zero-order chi connectivity index (χ0) is 13.9. The molecule has 0 saturated carbocycles. The monoisotopic (exact) mass is 270 g/mol. The van der Waals surface area contributed by atoms with Gasteiger partial charge in [0.05, 0.1) is 4.90 Å². The first-order valence-electron chi connectivity index (χ1n) is 5.63. The van der Waals surface area contributed by atoms with E-state index in [1.165, 1.54) is 13.0 Å². The molecule has 0 atom stereocenters. The number of nitrogens with one attached hydrogen (secondary N) is 2. The van der Waals surface area contributed by atoms with Crippen LogP contribution < -0.4 is 10.0 Å². The van der Waals surface area contributed by atoms with Gasteiger partial charge in [0.1, 0.15) is 0 Å². The molecule has 0 aromatic heterocycles. The van der Waals surface area contributed by atoms with Crippen LogP contribution in [0.25, 0.3) is 0 Å². The minimum atomic E-state index is -3.55. The summed E-state index contributed by atoms with van der Waals surface area (Å²) in [7, 11) is -3.55. The molecule has 2 N–H and O–H groups in total. The Hall–Kier alpha value is -1.40. The first-order chi connectivity index (χ1) is 8.22. The number of rotatable bonds is 4. The SMILES string of the molecule is CC(=O)Nc1ccc(C)c(S(=O)(=O)NC(C)C)c1. The number of hydrogen-bond donors (Lipinski definition) is 2. The van der Waals surface area contributed by atoms with Gasteiger partial charge in [0, 0.05) is 18.7 Å². The van der Waals surface area contributed by atoms with Gasteiger partial charge in [-0.15, -0.1) is 0 Å². The van der Waals surface area contributed by atoms with Crippen LogP contribution in [0.3, 0.4) is 0 Å².